The maximum absolute atomic E-state index is 5.13. The number of nitrogens with one attached hydrogen (secondary N) is 1. The molecule has 102 valence electrons. The summed E-state index contributed by atoms with van der Waals surface area (Å²) in [6.07, 6.45) is 1.03. The van der Waals surface area contributed by atoms with Crippen LogP contribution in [-0.2, 0) is 4.74 Å². The molecule has 0 spiro atoms. The van der Waals surface area contributed by atoms with Crippen molar-refractivity contribution in [2.24, 2.45) is 0 Å². The molecule has 0 heterocycles. The van der Waals surface area contributed by atoms with Gasteiger partial charge in [0.05, 0.1) is 0 Å². The summed E-state index contributed by atoms with van der Waals surface area (Å²) < 4.78 is 5.13. The van der Waals surface area contributed by atoms with Gasteiger partial charge in [0.15, 0.2) is 0 Å². The van der Waals surface area contributed by atoms with Gasteiger partial charge in [-0.2, -0.15) is 0 Å². The first-order valence-electron chi connectivity index (χ1n) is 6.58. The van der Waals surface area contributed by atoms with Gasteiger partial charge in [0.25, 0.3) is 0 Å². The molecule has 0 saturated carbocycles. The monoisotopic (exact) mass is 250 g/mol. The van der Waals surface area contributed by atoms with E-state index < -0.39 is 0 Å². The van der Waals surface area contributed by atoms with E-state index in [-0.39, 0.29) is 0 Å². The SMILES string of the molecule is COCCC(C)NC(CN(C)C)c1ccccc1. The van der Waals surface area contributed by atoms with Gasteiger partial charge >= 0.3 is 0 Å². The van der Waals surface area contributed by atoms with Crippen molar-refractivity contribution in [3.05, 3.63) is 35.9 Å². The van der Waals surface area contributed by atoms with Gasteiger partial charge in [-0.05, 0) is 33.0 Å². The first-order valence-corrected chi connectivity index (χ1v) is 6.58. The molecular weight excluding hydrogens is 224 g/mol. The topological polar surface area (TPSA) is 24.5 Å². The Morgan fingerprint density at radius 2 is 1.89 bits per heavy atom. The molecule has 0 aliphatic carbocycles. The Morgan fingerprint density at radius 3 is 2.44 bits per heavy atom. The predicted molar refractivity (Wildman–Crippen MR) is 76.8 cm³/mol. The van der Waals surface area contributed by atoms with Crippen LogP contribution in [0.3, 0.4) is 0 Å². The van der Waals surface area contributed by atoms with Crippen LogP contribution >= 0.6 is 0 Å². The molecule has 0 aliphatic rings. The Kier molecular flexibility index (Phi) is 6.94. The van der Waals surface area contributed by atoms with Gasteiger partial charge in [-0.1, -0.05) is 30.3 Å². The average Bonchev–Trinajstić information content (AvgIpc) is 2.36. The standard InChI is InChI=1S/C15H26N2O/c1-13(10-11-18-4)16-15(12-17(2)3)14-8-6-5-7-9-14/h5-9,13,15-16H,10-12H2,1-4H3. The molecule has 2 unspecified atom stereocenters. The quantitative estimate of drug-likeness (QED) is 0.766. The Bertz CT molecular complexity index is 314. The van der Waals surface area contributed by atoms with E-state index in [0.29, 0.717) is 12.1 Å². The number of hydrogen-bond acceptors (Lipinski definition) is 3. The molecule has 1 aromatic rings. The van der Waals surface area contributed by atoms with Gasteiger partial charge in [-0.25, -0.2) is 0 Å². The van der Waals surface area contributed by atoms with Crippen LogP contribution < -0.4 is 5.32 Å². The minimum Gasteiger partial charge on any atom is -0.385 e. The molecule has 2 atom stereocenters. The number of hydrogen-bond donors (Lipinski definition) is 1. The van der Waals surface area contributed by atoms with Crippen LogP contribution in [0.2, 0.25) is 0 Å². The molecule has 1 aromatic carbocycles. The number of methoxy groups -OCH3 is 1. The van der Waals surface area contributed by atoms with Gasteiger partial charge < -0.3 is 15.0 Å². The maximum Gasteiger partial charge on any atom is 0.0476 e. The van der Waals surface area contributed by atoms with Crippen molar-refractivity contribution in [2.75, 3.05) is 34.4 Å². The normalized spacial score (nSPS) is 14.7. The first-order chi connectivity index (χ1) is 8.63. The van der Waals surface area contributed by atoms with E-state index in [4.69, 9.17) is 4.74 Å². The molecule has 0 bridgehead atoms. The summed E-state index contributed by atoms with van der Waals surface area (Å²) in [7, 11) is 5.97. The fourth-order valence-electron chi connectivity index (χ4n) is 2.03. The second-order valence-corrected chi connectivity index (χ2v) is 5.07. The van der Waals surface area contributed by atoms with E-state index in [1.165, 1.54) is 5.56 Å². The highest BCUT2D eigenvalue weighted by molar-refractivity contribution is 5.19. The van der Waals surface area contributed by atoms with Crippen LogP contribution in [0.15, 0.2) is 30.3 Å². The zero-order valence-corrected chi connectivity index (χ0v) is 12.0. The largest absolute Gasteiger partial charge is 0.385 e. The van der Waals surface area contributed by atoms with E-state index in [2.05, 4.69) is 61.6 Å². The van der Waals surface area contributed by atoms with Crippen LogP contribution in [0.5, 0.6) is 0 Å². The van der Waals surface area contributed by atoms with Crippen molar-refractivity contribution in [3.8, 4) is 0 Å². The fraction of sp³-hybridized carbons (Fsp3) is 0.600. The summed E-state index contributed by atoms with van der Waals surface area (Å²) in [4.78, 5) is 2.22. The Hall–Kier alpha value is -0.900. The smallest absolute Gasteiger partial charge is 0.0476 e. The van der Waals surface area contributed by atoms with E-state index in [0.717, 1.165) is 19.6 Å². The molecule has 18 heavy (non-hydrogen) atoms. The van der Waals surface area contributed by atoms with Crippen molar-refractivity contribution in [3.63, 3.8) is 0 Å². The van der Waals surface area contributed by atoms with Crippen molar-refractivity contribution in [1.82, 2.24) is 10.2 Å². The number of ether oxygens (including phenoxy) is 1. The number of nitrogens with zero attached hydrogens (tertiary/aromatic N) is 1. The van der Waals surface area contributed by atoms with Crippen molar-refractivity contribution < 1.29 is 4.74 Å². The number of rotatable bonds is 8. The second-order valence-electron chi connectivity index (χ2n) is 5.07. The highest BCUT2D eigenvalue weighted by Crippen LogP contribution is 2.14. The molecule has 0 fully saturated rings. The molecular formula is C15H26N2O. The fourth-order valence-corrected chi connectivity index (χ4v) is 2.03. The Balaban J connectivity index is 2.61. The lowest BCUT2D eigenvalue weighted by molar-refractivity contribution is 0.180. The summed E-state index contributed by atoms with van der Waals surface area (Å²) >= 11 is 0. The van der Waals surface area contributed by atoms with Gasteiger partial charge in [0, 0.05) is 32.3 Å². The maximum atomic E-state index is 5.13. The first kappa shape index (κ1) is 15.2. The lowest BCUT2D eigenvalue weighted by Crippen LogP contribution is -2.37. The van der Waals surface area contributed by atoms with E-state index in [1.54, 1.807) is 7.11 Å². The second kappa shape index (κ2) is 8.25. The van der Waals surface area contributed by atoms with Crippen molar-refractivity contribution >= 4 is 0 Å². The molecule has 0 amide bonds. The van der Waals surface area contributed by atoms with Gasteiger partial charge in [0.2, 0.25) is 0 Å². The lowest BCUT2D eigenvalue weighted by Gasteiger charge is -2.26. The molecule has 3 heteroatoms. The predicted octanol–water partition coefficient (Wildman–Crippen LogP) is 2.30. The zero-order chi connectivity index (χ0) is 13.4. The molecule has 0 aliphatic heterocycles. The van der Waals surface area contributed by atoms with Crippen molar-refractivity contribution in [1.29, 1.82) is 0 Å². The summed E-state index contributed by atoms with van der Waals surface area (Å²) in [5, 5.41) is 3.68. The Labute approximate surface area is 111 Å². The third-order valence-electron chi connectivity index (χ3n) is 2.99. The third-order valence-corrected chi connectivity index (χ3v) is 2.99. The molecule has 0 saturated heterocycles. The van der Waals surface area contributed by atoms with Crippen LogP contribution in [0, 0.1) is 0 Å². The summed E-state index contributed by atoms with van der Waals surface area (Å²) in [6.45, 7) is 4.02. The zero-order valence-electron chi connectivity index (χ0n) is 12.0. The van der Waals surface area contributed by atoms with Crippen LogP contribution in [0.1, 0.15) is 24.9 Å². The lowest BCUT2D eigenvalue weighted by atomic mass is 10.0. The van der Waals surface area contributed by atoms with Gasteiger partial charge in [0.1, 0.15) is 0 Å². The summed E-state index contributed by atoms with van der Waals surface area (Å²) in [5.41, 5.74) is 1.34. The highest BCUT2D eigenvalue weighted by Gasteiger charge is 2.14. The number of benzene rings is 1. The Morgan fingerprint density at radius 1 is 1.22 bits per heavy atom. The van der Waals surface area contributed by atoms with E-state index in [1.807, 2.05) is 0 Å². The minimum atomic E-state index is 0.369. The third kappa shape index (κ3) is 5.63. The molecule has 1 N–H and O–H groups in total. The van der Waals surface area contributed by atoms with Crippen LogP contribution in [-0.4, -0.2) is 45.3 Å². The number of likely N-dealkylation sites (N-methyl/N-ethyl adjacent to an activating group) is 1. The molecule has 3 nitrogen and oxygen atoms in total. The van der Waals surface area contributed by atoms with E-state index in [9.17, 15) is 0 Å². The van der Waals surface area contributed by atoms with Crippen LogP contribution in [0.4, 0.5) is 0 Å². The summed E-state index contributed by atoms with van der Waals surface area (Å²) in [6, 6.07) is 11.4. The molecule has 0 aromatic heterocycles. The van der Waals surface area contributed by atoms with Gasteiger partial charge in [-0.15, -0.1) is 0 Å². The minimum absolute atomic E-state index is 0.369. The van der Waals surface area contributed by atoms with Crippen LogP contribution in [0.25, 0.3) is 0 Å². The van der Waals surface area contributed by atoms with E-state index >= 15 is 0 Å². The van der Waals surface area contributed by atoms with Gasteiger partial charge in [-0.3, -0.25) is 0 Å². The summed E-state index contributed by atoms with van der Waals surface area (Å²) in [5.74, 6) is 0. The van der Waals surface area contributed by atoms with Crippen molar-refractivity contribution in [2.45, 2.75) is 25.4 Å². The highest BCUT2D eigenvalue weighted by atomic mass is 16.5. The molecule has 1 rings (SSSR count). The average molecular weight is 250 g/mol. The molecule has 0 radical (unpaired) electrons.